The van der Waals surface area contributed by atoms with E-state index in [0.29, 0.717) is 13.0 Å². The minimum atomic E-state index is -0.117. The molecule has 1 fully saturated rings. The Kier molecular flexibility index (Phi) is 12.3. The molecule has 1 heterocycles. The Balaban J connectivity index is 0.000000918. The molecule has 2 atom stereocenters. The molecular weight excluding hydrogens is 322 g/mol. The van der Waals surface area contributed by atoms with E-state index in [-0.39, 0.29) is 23.7 Å². The summed E-state index contributed by atoms with van der Waals surface area (Å²) >= 11 is 0. The Hall–Kier alpha value is -1.90. The van der Waals surface area contributed by atoms with Crippen molar-refractivity contribution in [2.24, 2.45) is 5.92 Å². The van der Waals surface area contributed by atoms with Gasteiger partial charge in [-0.3, -0.25) is 4.79 Å². The summed E-state index contributed by atoms with van der Waals surface area (Å²) in [5, 5.41) is 0. The highest BCUT2D eigenvalue weighted by molar-refractivity contribution is 5.86. The van der Waals surface area contributed by atoms with E-state index in [0.717, 1.165) is 12.8 Å². The van der Waals surface area contributed by atoms with Crippen molar-refractivity contribution in [3.8, 4) is 0 Å². The molecule has 1 aromatic carbocycles. The molecule has 0 aliphatic carbocycles. The van der Waals surface area contributed by atoms with Crippen LogP contribution in [0.25, 0.3) is 0 Å². The zero-order valence-electron chi connectivity index (χ0n) is 17.5. The maximum absolute atomic E-state index is 12.5. The van der Waals surface area contributed by atoms with Gasteiger partial charge in [-0.05, 0) is 46.1 Å². The summed E-state index contributed by atoms with van der Waals surface area (Å²) < 4.78 is 0. The quantitative estimate of drug-likeness (QED) is 0.629. The molecule has 1 aromatic rings. The monoisotopic (exact) mass is 359 g/mol. The fraction of sp³-hybridized carbons (Fsp3) is 0.565. The van der Waals surface area contributed by atoms with E-state index in [4.69, 9.17) is 0 Å². The molecule has 0 bridgehead atoms. The van der Waals surface area contributed by atoms with Crippen LogP contribution in [-0.2, 0) is 9.59 Å². The van der Waals surface area contributed by atoms with Crippen LogP contribution in [0.1, 0.15) is 77.5 Å². The van der Waals surface area contributed by atoms with Gasteiger partial charge in [-0.25, -0.2) is 0 Å². The minimum absolute atomic E-state index is 0.105. The third-order valence-electron chi connectivity index (χ3n) is 4.13. The van der Waals surface area contributed by atoms with Crippen molar-refractivity contribution < 1.29 is 9.59 Å². The molecule has 0 radical (unpaired) electrons. The van der Waals surface area contributed by atoms with E-state index in [2.05, 4.69) is 51.6 Å². The van der Waals surface area contributed by atoms with Crippen molar-refractivity contribution in [3.05, 3.63) is 48.0 Å². The number of carbonyl (C=O) groups is 2. The lowest BCUT2D eigenvalue weighted by Gasteiger charge is -2.39. The number of amides is 1. The second kappa shape index (κ2) is 13.3. The largest absolute Gasteiger partial charge is 0.336 e. The predicted molar refractivity (Wildman–Crippen MR) is 111 cm³/mol. The molecule has 1 aliphatic heterocycles. The summed E-state index contributed by atoms with van der Waals surface area (Å²) in [4.78, 5) is 25.7. The number of hydrogen-bond donors (Lipinski definition) is 0. The third-order valence-corrected chi connectivity index (χ3v) is 4.13. The molecule has 3 heteroatoms. The second-order valence-corrected chi connectivity index (χ2v) is 6.85. The zero-order chi connectivity index (χ0) is 20.1. The Labute approximate surface area is 160 Å². The molecule has 0 saturated carbocycles. The predicted octanol–water partition coefficient (Wildman–Crippen LogP) is 5.88. The van der Waals surface area contributed by atoms with E-state index in [1.54, 1.807) is 13.0 Å². The average molecular weight is 360 g/mol. The molecular formula is C23H37NO2. The molecule has 146 valence electrons. The van der Waals surface area contributed by atoms with Gasteiger partial charge in [0.05, 0.1) is 6.04 Å². The van der Waals surface area contributed by atoms with E-state index in [9.17, 15) is 9.59 Å². The Morgan fingerprint density at radius 2 is 1.69 bits per heavy atom. The van der Waals surface area contributed by atoms with E-state index in [1.807, 2.05) is 18.7 Å². The van der Waals surface area contributed by atoms with Gasteiger partial charge in [0.15, 0.2) is 0 Å². The summed E-state index contributed by atoms with van der Waals surface area (Å²) in [7, 11) is 0. The first-order valence-electron chi connectivity index (χ1n) is 9.79. The Bertz CT molecular complexity index is 548. The zero-order valence-corrected chi connectivity index (χ0v) is 17.5. The van der Waals surface area contributed by atoms with Gasteiger partial charge in [0.25, 0.3) is 0 Å². The molecule has 0 aromatic heterocycles. The number of rotatable bonds is 4. The topological polar surface area (TPSA) is 37.4 Å². The van der Waals surface area contributed by atoms with Crippen LogP contribution in [0.2, 0.25) is 0 Å². The van der Waals surface area contributed by atoms with Crippen LogP contribution in [0.15, 0.2) is 36.9 Å². The lowest BCUT2D eigenvalue weighted by atomic mass is 9.85. The van der Waals surface area contributed by atoms with Crippen LogP contribution in [0, 0.1) is 12.8 Å². The number of likely N-dealkylation sites (tertiary alicyclic amines) is 1. The van der Waals surface area contributed by atoms with Gasteiger partial charge in [-0.15, -0.1) is 6.58 Å². The molecule has 1 amide bonds. The lowest BCUT2D eigenvalue weighted by molar-refractivity contribution is -0.143. The molecule has 3 nitrogen and oxygen atoms in total. The Morgan fingerprint density at radius 3 is 2.12 bits per heavy atom. The highest BCUT2D eigenvalue weighted by Crippen LogP contribution is 2.35. The van der Waals surface area contributed by atoms with Crippen LogP contribution in [-0.4, -0.2) is 23.1 Å². The number of piperidine rings is 1. The first kappa shape index (κ1) is 24.1. The average Bonchev–Trinajstić information content (AvgIpc) is 2.58. The SMILES string of the molecule is C=CC.CCC.CCN1C(=O)[C@@H](CC(C)=O)CC[C@H]1c1ccc(C)cc1. The van der Waals surface area contributed by atoms with Crippen molar-refractivity contribution in [1.29, 1.82) is 0 Å². The second-order valence-electron chi connectivity index (χ2n) is 6.85. The van der Waals surface area contributed by atoms with Crippen LogP contribution >= 0.6 is 0 Å². The van der Waals surface area contributed by atoms with E-state index in [1.165, 1.54) is 17.5 Å². The molecule has 1 aliphatic rings. The van der Waals surface area contributed by atoms with Crippen molar-refractivity contribution in [2.45, 2.75) is 73.3 Å². The maximum atomic E-state index is 12.5. The number of hydrogen-bond acceptors (Lipinski definition) is 2. The molecule has 1 saturated heterocycles. The van der Waals surface area contributed by atoms with Gasteiger partial charge >= 0.3 is 0 Å². The van der Waals surface area contributed by atoms with Gasteiger partial charge in [0.1, 0.15) is 5.78 Å². The minimum Gasteiger partial charge on any atom is -0.336 e. The smallest absolute Gasteiger partial charge is 0.226 e. The van der Waals surface area contributed by atoms with E-state index < -0.39 is 0 Å². The number of carbonyl (C=O) groups excluding carboxylic acids is 2. The van der Waals surface area contributed by atoms with Gasteiger partial charge in [-0.1, -0.05) is 56.2 Å². The summed E-state index contributed by atoms with van der Waals surface area (Å²) in [5.74, 6) is 0.127. The van der Waals surface area contributed by atoms with Gasteiger partial charge in [0, 0.05) is 18.9 Å². The van der Waals surface area contributed by atoms with Crippen molar-refractivity contribution >= 4 is 11.7 Å². The van der Waals surface area contributed by atoms with Gasteiger partial charge in [0.2, 0.25) is 5.91 Å². The third kappa shape index (κ3) is 7.99. The summed E-state index contributed by atoms with van der Waals surface area (Å²) in [6.45, 7) is 15.8. The fourth-order valence-electron chi connectivity index (χ4n) is 3.07. The number of allylic oxidation sites excluding steroid dienone is 1. The summed E-state index contributed by atoms with van der Waals surface area (Å²) in [6.07, 6.45) is 5.14. The molecule has 0 unspecified atom stereocenters. The van der Waals surface area contributed by atoms with Crippen LogP contribution < -0.4 is 0 Å². The standard InChI is InChI=1S/C17H23NO2.C3H8.C3H6/c1-4-18-16(14-7-5-12(2)6-8-14)10-9-15(17(18)20)11-13(3)19;2*1-3-2/h5-8,15-16H,4,9-11H2,1-3H3;3H2,1-2H3;3H,1H2,2H3/t15-,16+;;/m1../s1. The van der Waals surface area contributed by atoms with Crippen molar-refractivity contribution in [3.63, 3.8) is 0 Å². The van der Waals surface area contributed by atoms with Gasteiger partial charge < -0.3 is 9.69 Å². The number of benzene rings is 1. The molecule has 0 N–H and O–H groups in total. The van der Waals surface area contributed by atoms with Crippen molar-refractivity contribution in [1.82, 2.24) is 4.90 Å². The lowest BCUT2D eigenvalue weighted by Crippen LogP contribution is -2.43. The van der Waals surface area contributed by atoms with Crippen LogP contribution in [0.5, 0.6) is 0 Å². The Morgan fingerprint density at radius 1 is 1.19 bits per heavy atom. The highest BCUT2D eigenvalue weighted by atomic mass is 16.2. The molecule has 2 rings (SSSR count). The van der Waals surface area contributed by atoms with E-state index >= 15 is 0 Å². The summed E-state index contributed by atoms with van der Waals surface area (Å²) in [5.41, 5.74) is 2.43. The molecule has 26 heavy (non-hydrogen) atoms. The normalized spacial score (nSPS) is 18.8. The summed E-state index contributed by atoms with van der Waals surface area (Å²) in [6, 6.07) is 8.57. The van der Waals surface area contributed by atoms with Gasteiger partial charge in [-0.2, -0.15) is 0 Å². The first-order valence-corrected chi connectivity index (χ1v) is 9.79. The number of ketones is 1. The number of aryl methyl sites for hydroxylation is 1. The number of nitrogens with zero attached hydrogens (tertiary/aromatic N) is 1. The highest BCUT2D eigenvalue weighted by Gasteiger charge is 2.35. The fourth-order valence-corrected chi connectivity index (χ4v) is 3.07. The first-order chi connectivity index (χ1) is 12.4. The molecule has 0 spiro atoms. The van der Waals surface area contributed by atoms with Crippen LogP contribution in [0.3, 0.4) is 0 Å². The number of Topliss-reactive ketones (excluding diaryl/α,β-unsaturated/α-hetero) is 1. The maximum Gasteiger partial charge on any atom is 0.226 e. The van der Waals surface area contributed by atoms with Crippen LogP contribution in [0.4, 0.5) is 0 Å². The van der Waals surface area contributed by atoms with Crippen molar-refractivity contribution in [2.75, 3.05) is 6.54 Å².